The molecule has 0 saturated heterocycles. The lowest BCUT2D eigenvalue weighted by Gasteiger charge is -2.41. The first-order chi connectivity index (χ1) is 17.0. The van der Waals surface area contributed by atoms with Crippen LogP contribution in [0.1, 0.15) is 51.0 Å². The number of thiazole rings is 1. The Bertz CT molecular complexity index is 1340. The second-order valence-electron chi connectivity index (χ2n) is 8.30. The van der Waals surface area contributed by atoms with Gasteiger partial charge in [0.1, 0.15) is 6.17 Å². The van der Waals surface area contributed by atoms with Crippen LogP contribution in [0.5, 0.6) is 0 Å². The Hall–Kier alpha value is -4.05. The van der Waals surface area contributed by atoms with Gasteiger partial charge in [0.15, 0.2) is 5.13 Å². The molecule has 35 heavy (non-hydrogen) atoms. The van der Waals surface area contributed by atoms with Crippen LogP contribution in [0.25, 0.3) is 0 Å². The van der Waals surface area contributed by atoms with Crippen LogP contribution in [0.2, 0.25) is 0 Å². The molecular formula is C25H23N5O4S. The molecule has 4 amide bonds. The Kier molecular flexibility index (Phi) is 6.04. The number of nitrogens with one attached hydrogen (secondary N) is 2. The third-order valence-electron chi connectivity index (χ3n) is 6.10. The second kappa shape index (κ2) is 9.30. The molecule has 5 rings (SSSR count). The van der Waals surface area contributed by atoms with E-state index in [1.807, 2.05) is 24.3 Å². The van der Waals surface area contributed by atoms with E-state index in [0.717, 1.165) is 5.56 Å². The van der Waals surface area contributed by atoms with E-state index >= 15 is 0 Å². The van der Waals surface area contributed by atoms with Gasteiger partial charge in [-0.1, -0.05) is 30.3 Å². The van der Waals surface area contributed by atoms with Crippen molar-refractivity contribution in [2.45, 2.75) is 25.4 Å². The van der Waals surface area contributed by atoms with Gasteiger partial charge >= 0.3 is 0 Å². The number of rotatable bonds is 7. The maximum absolute atomic E-state index is 13.4. The number of benzene rings is 2. The molecule has 0 fully saturated rings. The molecule has 178 valence electrons. The molecule has 2 N–H and O–H groups in total. The van der Waals surface area contributed by atoms with Crippen molar-refractivity contribution in [3.63, 3.8) is 0 Å². The monoisotopic (exact) mass is 489 g/mol. The fraction of sp³-hybridized carbons (Fsp3) is 0.240. The zero-order chi connectivity index (χ0) is 24.5. The SMILES string of the molecule is CNC(=O)Cc1csc(NC(=O)CCCN2C(=O)c3ccccc3N3C(=O)c4ccccc4[C@H]23)n1. The van der Waals surface area contributed by atoms with Gasteiger partial charge in [0.2, 0.25) is 11.8 Å². The quantitative estimate of drug-likeness (QED) is 0.530. The Labute approximate surface area is 205 Å². The number of likely N-dealkylation sites (N-methyl/N-ethyl adjacent to an activating group) is 1. The average Bonchev–Trinajstić information content (AvgIpc) is 3.43. The summed E-state index contributed by atoms with van der Waals surface area (Å²) in [6.07, 6.45) is 0.213. The summed E-state index contributed by atoms with van der Waals surface area (Å²) in [7, 11) is 1.56. The van der Waals surface area contributed by atoms with Crippen LogP contribution < -0.4 is 15.5 Å². The van der Waals surface area contributed by atoms with Crippen LogP contribution in [0, 0.1) is 0 Å². The molecule has 2 aromatic carbocycles. The number of fused-ring (bicyclic) bond motifs is 5. The number of carbonyl (C=O) groups is 4. The molecule has 2 aliphatic rings. The fourth-order valence-electron chi connectivity index (χ4n) is 4.49. The highest BCUT2D eigenvalue weighted by atomic mass is 32.1. The van der Waals surface area contributed by atoms with E-state index in [2.05, 4.69) is 15.6 Å². The highest BCUT2D eigenvalue weighted by Gasteiger charge is 2.47. The Morgan fingerprint density at radius 2 is 1.74 bits per heavy atom. The maximum Gasteiger partial charge on any atom is 0.260 e. The number of hydrogen-bond donors (Lipinski definition) is 2. The largest absolute Gasteiger partial charge is 0.359 e. The lowest BCUT2D eigenvalue weighted by atomic mass is 10.0. The Morgan fingerprint density at radius 1 is 1.00 bits per heavy atom. The summed E-state index contributed by atoms with van der Waals surface area (Å²) in [5.41, 5.74) is 3.04. The van der Waals surface area contributed by atoms with E-state index in [-0.39, 0.29) is 36.5 Å². The number of anilines is 2. The van der Waals surface area contributed by atoms with Crippen molar-refractivity contribution in [1.82, 2.24) is 15.2 Å². The standard InChI is InChI=1S/C25H23N5O4S/c1-26-21(32)13-15-14-35-25(27-15)28-20(31)11-6-12-29-22-16-7-2-3-8-17(16)24(34)30(22)19-10-5-4-9-18(19)23(29)33/h2-5,7-10,14,22H,6,11-13H2,1H3,(H,26,32)(H,27,28,31)/t22-/m1/s1. The summed E-state index contributed by atoms with van der Waals surface area (Å²) < 4.78 is 0. The molecule has 0 aliphatic carbocycles. The van der Waals surface area contributed by atoms with E-state index in [1.165, 1.54) is 11.3 Å². The second-order valence-corrected chi connectivity index (χ2v) is 9.16. The first-order valence-corrected chi connectivity index (χ1v) is 12.1. The topological polar surface area (TPSA) is 112 Å². The smallest absolute Gasteiger partial charge is 0.260 e. The average molecular weight is 490 g/mol. The van der Waals surface area contributed by atoms with Crippen LogP contribution in [-0.2, 0) is 16.0 Å². The molecule has 0 bridgehead atoms. The molecule has 10 heteroatoms. The molecule has 1 aromatic heterocycles. The van der Waals surface area contributed by atoms with Gasteiger partial charge in [-0.3, -0.25) is 24.1 Å². The van der Waals surface area contributed by atoms with Crippen molar-refractivity contribution in [3.8, 4) is 0 Å². The van der Waals surface area contributed by atoms with Crippen LogP contribution in [0.3, 0.4) is 0 Å². The number of aromatic nitrogens is 1. The molecule has 0 unspecified atom stereocenters. The number of hydrogen-bond acceptors (Lipinski definition) is 6. The summed E-state index contributed by atoms with van der Waals surface area (Å²) in [6, 6.07) is 14.4. The fourth-order valence-corrected chi connectivity index (χ4v) is 5.22. The van der Waals surface area contributed by atoms with E-state index in [1.54, 1.807) is 46.5 Å². The van der Waals surface area contributed by atoms with Crippen LogP contribution >= 0.6 is 11.3 Å². The van der Waals surface area contributed by atoms with E-state index in [0.29, 0.717) is 40.6 Å². The molecule has 1 atom stereocenters. The van der Waals surface area contributed by atoms with Crippen molar-refractivity contribution in [1.29, 1.82) is 0 Å². The van der Waals surface area contributed by atoms with Crippen LogP contribution in [-0.4, -0.2) is 47.1 Å². The lowest BCUT2D eigenvalue weighted by Crippen LogP contribution is -2.48. The van der Waals surface area contributed by atoms with E-state index in [9.17, 15) is 19.2 Å². The van der Waals surface area contributed by atoms with Gasteiger partial charge in [-0.2, -0.15) is 0 Å². The molecule has 3 aromatic rings. The third kappa shape index (κ3) is 4.17. The van der Waals surface area contributed by atoms with Crippen molar-refractivity contribution in [2.24, 2.45) is 0 Å². The molecule has 0 radical (unpaired) electrons. The minimum absolute atomic E-state index is 0.135. The Morgan fingerprint density at radius 3 is 2.54 bits per heavy atom. The van der Waals surface area contributed by atoms with Gasteiger partial charge in [-0.05, 0) is 24.6 Å². The van der Waals surface area contributed by atoms with Crippen molar-refractivity contribution in [2.75, 3.05) is 23.8 Å². The molecule has 0 saturated carbocycles. The third-order valence-corrected chi connectivity index (χ3v) is 6.91. The Balaban J connectivity index is 1.29. The maximum atomic E-state index is 13.4. The number of para-hydroxylation sites is 1. The predicted octanol–water partition coefficient (Wildman–Crippen LogP) is 2.97. The highest BCUT2D eigenvalue weighted by Crippen LogP contribution is 2.45. The van der Waals surface area contributed by atoms with Crippen molar-refractivity contribution < 1.29 is 19.2 Å². The molecule has 2 aliphatic heterocycles. The van der Waals surface area contributed by atoms with Gasteiger partial charge in [0.05, 0.1) is 23.4 Å². The molecule has 9 nitrogen and oxygen atoms in total. The minimum Gasteiger partial charge on any atom is -0.359 e. The summed E-state index contributed by atoms with van der Waals surface area (Å²) in [5, 5.41) is 7.46. The van der Waals surface area contributed by atoms with Crippen LogP contribution in [0.4, 0.5) is 10.8 Å². The first-order valence-electron chi connectivity index (χ1n) is 11.2. The normalized spacial score (nSPS) is 16.0. The van der Waals surface area contributed by atoms with Gasteiger partial charge in [0, 0.05) is 36.5 Å². The van der Waals surface area contributed by atoms with Gasteiger partial charge in [-0.25, -0.2) is 4.98 Å². The van der Waals surface area contributed by atoms with Gasteiger partial charge < -0.3 is 15.5 Å². The highest BCUT2D eigenvalue weighted by molar-refractivity contribution is 7.13. The summed E-state index contributed by atoms with van der Waals surface area (Å²) >= 11 is 1.26. The van der Waals surface area contributed by atoms with E-state index in [4.69, 9.17) is 0 Å². The zero-order valence-electron chi connectivity index (χ0n) is 19.0. The minimum atomic E-state index is -0.532. The molecule has 3 heterocycles. The van der Waals surface area contributed by atoms with Crippen LogP contribution in [0.15, 0.2) is 53.9 Å². The molecule has 0 spiro atoms. The van der Waals surface area contributed by atoms with Crippen molar-refractivity contribution >= 4 is 45.8 Å². The first kappa shape index (κ1) is 22.7. The summed E-state index contributed by atoms with van der Waals surface area (Å²) in [4.78, 5) is 58.2. The van der Waals surface area contributed by atoms with Gasteiger partial charge in [0.25, 0.3) is 11.8 Å². The number of nitrogens with zero attached hydrogens (tertiary/aromatic N) is 3. The van der Waals surface area contributed by atoms with E-state index < -0.39 is 6.17 Å². The van der Waals surface area contributed by atoms with Gasteiger partial charge in [-0.15, -0.1) is 11.3 Å². The zero-order valence-corrected chi connectivity index (χ0v) is 19.8. The number of carbonyl (C=O) groups excluding carboxylic acids is 4. The molecular weight excluding hydrogens is 466 g/mol. The lowest BCUT2D eigenvalue weighted by molar-refractivity contribution is -0.120. The van der Waals surface area contributed by atoms with Crippen molar-refractivity contribution in [3.05, 3.63) is 76.3 Å². The number of amides is 4. The summed E-state index contributed by atoms with van der Waals surface area (Å²) in [5.74, 6) is -0.674. The predicted molar refractivity (Wildman–Crippen MR) is 131 cm³/mol. The summed E-state index contributed by atoms with van der Waals surface area (Å²) in [6.45, 7) is 0.309.